The number of H-pyrrole nitrogens is 1. The number of methoxy groups -OCH3 is 2. The summed E-state index contributed by atoms with van der Waals surface area (Å²) in [5.41, 5.74) is 1.57. The van der Waals surface area contributed by atoms with Gasteiger partial charge in [-0.1, -0.05) is 18.2 Å². The Balaban J connectivity index is 1.61. The average Bonchev–Trinajstić information content (AvgIpc) is 3.21. The van der Waals surface area contributed by atoms with Crippen molar-refractivity contribution >= 4 is 28.3 Å². The number of hydrogen-bond donors (Lipinski definition) is 2. The van der Waals surface area contributed by atoms with E-state index in [0.717, 1.165) is 6.07 Å². The minimum atomic E-state index is -0.687. The molecule has 4 rings (SSSR count). The fourth-order valence-electron chi connectivity index (χ4n) is 3.45. The Morgan fingerprint density at radius 2 is 1.85 bits per heavy atom. The molecule has 2 N–H and O–H groups in total. The Morgan fingerprint density at radius 1 is 1.12 bits per heavy atom. The number of nitro groups is 1. The molecule has 1 aromatic heterocycles. The standard InChI is InChI=1S/C23H19FN4O5/c1-32-20-11-15(19(28(30)31)12-21(20)33-2)23(29)25-14-7-8-17-18(10-14)27-22(26-17)9-13-5-3-4-6-16(13)24/h3-8,10-12H,9H2,1-2H3,(H,25,29)(H,26,27). The zero-order valence-electron chi connectivity index (χ0n) is 17.7. The monoisotopic (exact) mass is 450 g/mol. The summed E-state index contributed by atoms with van der Waals surface area (Å²) < 4.78 is 24.2. The van der Waals surface area contributed by atoms with E-state index in [4.69, 9.17) is 9.47 Å². The number of nitrogens with one attached hydrogen (secondary N) is 2. The van der Waals surface area contributed by atoms with Crippen molar-refractivity contribution < 1.29 is 23.6 Å². The molecule has 1 amide bonds. The molecule has 0 aliphatic heterocycles. The van der Waals surface area contributed by atoms with E-state index >= 15 is 0 Å². The predicted molar refractivity (Wildman–Crippen MR) is 119 cm³/mol. The van der Waals surface area contributed by atoms with Gasteiger partial charge < -0.3 is 19.8 Å². The smallest absolute Gasteiger partial charge is 0.286 e. The van der Waals surface area contributed by atoms with Crippen molar-refractivity contribution in [1.29, 1.82) is 0 Å². The summed E-state index contributed by atoms with van der Waals surface area (Å²) in [6.07, 6.45) is 0.279. The lowest BCUT2D eigenvalue weighted by molar-refractivity contribution is -0.385. The summed E-state index contributed by atoms with van der Waals surface area (Å²) in [6.45, 7) is 0. The number of carbonyl (C=O) groups excluding carboxylic acids is 1. The SMILES string of the molecule is COc1cc(C(=O)Nc2ccc3nc(Cc4ccccc4F)[nH]c3c2)c([N+](=O)[O-])cc1OC. The van der Waals surface area contributed by atoms with E-state index in [1.165, 1.54) is 26.4 Å². The van der Waals surface area contributed by atoms with E-state index in [-0.39, 0.29) is 29.3 Å². The maximum absolute atomic E-state index is 13.9. The molecule has 0 bridgehead atoms. The number of rotatable bonds is 7. The predicted octanol–water partition coefficient (Wildman–Crippen LogP) is 4.47. The third kappa shape index (κ3) is 4.45. The second kappa shape index (κ2) is 8.95. The largest absolute Gasteiger partial charge is 0.493 e. The number of aromatic amines is 1. The highest BCUT2D eigenvalue weighted by Crippen LogP contribution is 2.35. The number of nitro benzene ring substituents is 1. The van der Waals surface area contributed by atoms with Crippen LogP contribution in [-0.4, -0.2) is 35.0 Å². The van der Waals surface area contributed by atoms with Crippen molar-refractivity contribution in [1.82, 2.24) is 9.97 Å². The van der Waals surface area contributed by atoms with Crippen LogP contribution in [0.3, 0.4) is 0 Å². The van der Waals surface area contributed by atoms with E-state index in [1.54, 1.807) is 36.4 Å². The van der Waals surface area contributed by atoms with Crippen molar-refractivity contribution in [2.45, 2.75) is 6.42 Å². The third-order valence-electron chi connectivity index (χ3n) is 5.05. The molecule has 1 heterocycles. The number of hydrogen-bond acceptors (Lipinski definition) is 6. The van der Waals surface area contributed by atoms with Gasteiger partial charge in [0.05, 0.1) is 36.2 Å². The first kappa shape index (κ1) is 21.8. The fraction of sp³-hybridized carbons (Fsp3) is 0.130. The van der Waals surface area contributed by atoms with Gasteiger partial charge in [0.1, 0.15) is 17.2 Å². The molecule has 0 saturated heterocycles. The highest BCUT2D eigenvalue weighted by Gasteiger charge is 2.25. The summed E-state index contributed by atoms with van der Waals surface area (Å²) in [5.74, 6) is -0.110. The molecule has 0 fully saturated rings. The van der Waals surface area contributed by atoms with Crippen LogP contribution >= 0.6 is 0 Å². The molecular formula is C23H19FN4O5. The normalized spacial score (nSPS) is 10.8. The zero-order chi connectivity index (χ0) is 23.5. The van der Waals surface area contributed by atoms with Crippen LogP contribution in [0.15, 0.2) is 54.6 Å². The number of fused-ring (bicyclic) bond motifs is 1. The Labute approximate surface area is 187 Å². The summed E-state index contributed by atoms with van der Waals surface area (Å²) in [7, 11) is 2.72. The van der Waals surface area contributed by atoms with Gasteiger partial charge in [0.2, 0.25) is 0 Å². The summed E-state index contributed by atoms with van der Waals surface area (Å²) >= 11 is 0. The Morgan fingerprint density at radius 3 is 2.55 bits per heavy atom. The van der Waals surface area contributed by atoms with E-state index in [2.05, 4.69) is 15.3 Å². The molecule has 33 heavy (non-hydrogen) atoms. The number of aromatic nitrogens is 2. The zero-order valence-corrected chi connectivity index (χ0v) is 17.7. The van der Waals surface area contributed by atoms with E-state index in [9.17, 15) is 19.3 Å². The number of nitrogens with zero attached hydrogens (tertiary/aromatic N) is 2. The summed E-state index contributed by atoms with van der Waals surface area (Å²) in [5, 5.41) is 14.1. The minimum absolute atomic E-state index is 0.141. The minimum Gasteiger partial charge on any atom is -0.493 e. The number of imidazole rings is 1. The van der Waals surface area contributed by atoms with Crippen LogP contribution in [0.25, 0.3) is 11.0 Å². The highest BCUT2D eigenvalue weighted by molar-refractivity contribution is 6.08. The number of amides is 1. The van der Waals surface area contributed by atoms with Gasteiger partial charge in [-0.05, 0) is 29.8 Å². The van der Waals surface area contributed by atoms with Gasteiger partial charge in [-0.2, -0.15) is 0 Å². The van der Waals surface area contributed by atoms with Crippen LogP contribution in [0.4, 0.5) is 15.8 Å². The number of anilines is 1. The van der Waals surface area contributed by atoms with Crippen LogP contribution in [0.1, 0.15) is 21.7 Å². The molecule has 3 aromatic carbocycles. The topological polar surface area (TPSA) is 119 Å². The van der Waals surface area contributed by atoms with Crippen molar-refractivity contribution in [3.8, 4) is 11.5 Å². The molecule has 0 radical (unpaired) electrons. The number of benzene rings is 3. The van der Waals surface area contributed by atoms with Gasteiger partial charge in [-0.25, -0.2) is 9.37 Å². The van der Waals surface area contributed by atoms with E-state index in [1.807, 2.05) is 0 Å². The summed E-state index contributed by atoms with van der Waals surface area (Å²) in [6, 6.07) is 13.8. The molecule has 0 atom stereocenters. The van der Waals surface area contributed by atoms with Gasteiger partial charge in [0, 0.05) is 18.2 Å². The first-order valence-corrected chi connectivity index (χ1v) is 9.83. The van der Waals surface area contributed by atoms with E-state index < -0.39 is 16.5 Å². The molecule has 9 nitrogen and oxygen atoms in total. The van der Waals surface area contributed by atoms with Crippen molar-refractivity contribution in [2.75, 3.05) is 19.5 Å². The van der Waals surface area contributed by atoms with Crippen LogP contribution in [0, 0.1) is 15.9 Å². The lowest BCUT2D eigenvalue weighted by Gasteiger charge is -2.11. The molecule has 10 heteroatoms. The quantitative estimate of drug-likeness (QED) is 0.317. The van der Waals surface area contributed by atoms with Crippen molar-refractivity contribution in [3.63, 3.8) is 0 Å². The molecule has 4 aromatic rings. The lowest BCUT2D eigenvalue weighted by atomic mass is 10.1. The average molecular weight is 450 g/mol. The second-order valence-corrected chi connectivity index (χ2v) is 7.12. The molecule has 0 unspecified atom stereocenters. The molecule has 0 spiro atoms. The van der Waals surface area contributed by atoms with Gasteiger partial charge >= 0.3 is 0 Å². The van der Waals surface area contributed by atoms with Crippen LogP contribution in [0.5, 0.6) is 11.5 Å². The lowest BCUT2D eigenvalue weighted by Crippen LogP contribution is -2.14. The van der Waals surface area contributed by atoms with Crippen molar-refractivity contribution in [3.05, 3.63) is 87.5 Å². The van der Waals surface area contributed by atoms with Crippen LogP contribution < -0.4 is 14.8 Å². The van der Waals surface area contributed by atoms with Gasteiger partial charge in [0.25, 0.3) is 11.6 Å². The summed E-state index contributed by atoms with van der Waals surface area (Å²) in [4.78, 5) is 31.2. The van der Waals surface area contributed by atoms with Gasteiger partial charge in [0.15, 0.2) is 11.5 Å². The van der Waals surface area contributed by atoms with Gasteiger partial charge in [-0.3, -0.25) is 14.9 Å². The third-order valence-corrected chi connectivity index (χ3v) is 5.05. The fourth-order valence-corrected chi connectivity index (χ4v) is 3.45. The van der Waals surface area contributed by atoms with Crippen LogP contribution in [-0.2, 0) is 6.42 Å². The Kier molecular flexibility index (Phi) is 5.90. The number of ether oxygens (including phenoxy) is 2. The van der Waals surface area contributed by atoms with E-state index in [0.29, 0.717) is 28.1 Å². The molecule has 0 saturated carbocycles. The molecular weight excluding hydrogens is 431 g/mol. The first-order chi connectivity index (χ1) is 15.9. The van der Waals surface area contributed by atoms with Gasteiger partial charge in [-0.15, -0.1) is 0 Å². The molecule has 0 aliphatic carbocycles. The molecule has 168 valence electrons. The van der Waals surface area contributed by atoms with Crippen LogP contribution in [0.2, 0.25) is 0 Å². The van der Waals surface area contributed by atoms with Crippen molar-refractivity contribution in [2.24, 2.45) is 0 Å². The molecule has 0 aliphatic rings. The second-order valence-electron chi connectivity index (χ2n) is 7.12. The highest BCUT2D eigenvalue weighted by atomic mass is 19.1. The maximum atomic E-state index is 13.9. The maximum Gasteiger partial charge on any atom is 0.286 e. The number of carbonyl (C=O) groups is 1. The Hall–Kier alpha value is -4.47. The Bertz CT molecular complexity index is 1370. The first-order valence-electron chi connectivity index (χ1n) is 9.83. The number of halogens is 1.